The summed E-state index contributed by atoms with van der Waals surface area (Å²) in [7, 11) is 2.05. The average Bonchev–Trinajstić information content (AvgIpc) is 2.98. The highest BCUT2D eigenvalue weighted by Crippen LogP contribution is 2.32. The van der Waals surface area contributed by atoms with Crippen molar-refractivity contribution in [2.45, 2.75) is 39.7 Å². The Balaban J connectivity index is 1.67. The molecule has 1 N–H and O–H groups in total. The van der Waals surface area contributed by atoms with Crippen molar-refractivity contribution >= 4 is 16.6 Å². The average molecular weight is 338 g/mol. The van der Waals surface area contributed by atoms with E-state index in [1.54, 1.807) is 0 Å². The third-order valence-corrected chi connectivity index (χ3v) is 5.08. The van der Waals surface area contributed by atoms with E-state index < -0.39 is 0 Å². The smallest absolute Gasteiger partial charge is 0.140 e. The van der Waals surface area contributed by atoms with Gasteiger partial charge in [-0.25, -0.2) is 4.98 Å². The van der Waals surface area contributed by atoms with E-state index in [4.69, 9.17) is 4.98 Å². The maximum Gasteiger partial charge on any atom is 0.140 e. The number of fused-ring (bicyclic) bond motifs is 3. The highest BCUT2D eigenvalue weighted by atomic mass is 15.1. The molecule has 1 aromatic rings. The molecule has 4 heteroatoms. The lowest BCUT2D eigenvalue weighted by Crippen LogP contribution is -2.25. The Morgan fingerprint density at radius 3 is 2.76 bits per heavy atom. The van der Waals surface area contributed by atoms with Crippen LogP contribution in [0.4, 0.5) is 5.69 Å². The van der Waals surface area contributed by atoms with Gasteiger partial charge in [-0.15, -0.1) is 0 Å². The van der Waals surface area contributed by atoms with Gasteiger partial charge in [0.25, 0.3) is 0 Å². The Labute approximate surface area is 151 Å². The molecule has 134 valence electrons. The van der Waals surface area contributed by atoms with E-state index in [9.17, 15) is 0 Å². The molecule has 0 bridgehead atoms. The number of aromatic nitrogens is 2. The first-order valence-electron chi connectivity index (χ1n) is 9.46. The van der Waals surface area contributed by atoms with Crippen LogP contribution in [0.1, 0.15) is 33.6 Å². The Hall–Kier alpha value is -2.07. The number of nitrogens with one attached hydrogen (secondary N) is 1. The van der Waals surface area contributed by atoms with Crippen LogP contribution in [0.25, 0.3) is 22.3 Å². The lowest BCUT2D eigenvalue weighted by Gasteiger charge is -2.20. The summed E-state index contributed by atoms with van der Waals surface area (Å²) in [6.45, 7) is 10.2. The summed E-state index contributed by atoms with van der Waals surface area (Å²) in [6.07, 6.45) is 4.46. The second-order valence-corrected chi connectivity index (χ2v) is 6.91. The van der Waals surface area contributed by atoms with Crippen molar-refractivity contribution in [2.75, 3.05) is 25.0 Å². The van der Waals surface area contributed by atoms with Gasteiger partial charge in [0.05, 0.1) is 5.52 Å². The van der Waals surface area contributed by atoms with Gasteiger partial charge in [0, 0.05) is 35.9 Å². The molecule has 0 aromatic heterocycles. The molecule has 2 aliphatic heterocycles. The van der Waals surface area contributed by atoms with Crippen molar-refractivity contribution in [1.29, 1.82) is 0 Å². The van der Waals surface area contributed by atoms with Gasteiger partial charge >= 0.3 is 0 Å². The maximum atomic E-state index is 4.81. The number of hydrogen-bond donors (Lipinski definition) is 1. The van der Waals surface area contributed by atoms with Crippen molar-refractivity contribution in [1.82, 2.24) is 14.5 Å². The van der Waals surface area contributed by atoms with Crippen LogP contribution in [-0.2, 0) is 7.05 Å². The topological polar surface area (TPSA) is 33.1 Å². The summed E-state index contributed by atoms with van der Waals surface area (Å²) in [5.74, 6) is 1.04. The lowest BCUT2D eigenvalue weighted by molar-refractivity contribution is 0.295. The Morgan fingerprint density at radius 2 is 2.00 bits per heavy atom. The van der Waals surface area contributed by atoms with Gasteiger partial charge < -0.3 is 14.8 Å². The molecular weight excluding hydrogens is 308 g/mol. The molecule has 1 aromatic carbocycles. The minimum absolute atomic E-state index is 0.466. The summed E-state index contributed by atoms with van der Waals surface area (Å²) in [4.78, 5) is 7.29. The monoisotopic (exact) mass is 338 g/mol. The minimum Gasteiger partial charge on any atom is -0.383 e. The Morgan fingerprint density at radius 1 is 1.20 bits per heavy atom. The fourth-order valence-electron chi connectivity index (χ4n) is 3.53. The lowest BCUT2D eigenvalue weighted by atomic mass is 10.1. The third kappa shape index (κ3) is 3.96. The predicted molar refractivity (Wildman–Crippen MR) is 107 cm³/mol. The number of hydrogen-bond acceptors (Lipinski definition) is 3. The molecule has 0 amide bonds. The van der Waals surface area contributed by atoms with Gasteiger partial charge in [-0.1, -0.05) is 19.9 Å². The SMILES string of the molecule is CCN(CC)CCCC(C)Nc1ccc2c3cccn(C)c-3nc2c1. The standard InChI is InChI=1S/C21H30N4/c1-5-25(6-2)14-7-9-16(3)22-17-11-12-18-19-10-8-13-24(4)21(19)23-20(18)15-17/h8,10-13,15-16,22H,5-7,9,14H2,1-4H3. The fourth-order valence-corrected chi connectivity index (χ4v) is 3.53. The predicted octanol–water partition coefficient (Wildman–Crippen LogP) is 4.60. The van der Waals surface area contributed by atoms with Crippen molar-refractivity contribution in [3.63, 3.8) is 0 Å². The van der Waals surface area contributed by atoms with Crippen LogP contribution in [0.2, 0.25) is 0 Å². The Bertz CT molecular complexity index is 788. The maximum absolute atomic E-state index is 4.81. The highest BCUT2D eigenvalue weighted by Gasteiger charge is 2.14. The number of nitrogens with zero attached hydrogens (tertiary/aromatic N) is 3. The molecule has 0 saturated heterocycles. The van der Waals surface area contributed by atoms with Crippen LogP contribution in [0.3, 0.4) is 0 Å². The van der Waals surface area contributed by atoms with Crippen LogP contribution in [0.5, 0.6) is 0 Å². The van der Waals surface area contributed by atoms with E-state index >= 15 is 0 Å². The van der Waals surface area contributed by atoms with Gasteiger partial charge in [-0.3, -0.25) is 0 Å². The molecule has 0 saturated carbocycles. The fraction of sp³-hybridized carbons (Fsp3) is 0.476. The largest absolute Gasteiger partial charge is 0.383 e. The molecule has 0 fully saturated rings. The summed E-state index contributed by atoms with van der Waals surface area (Å²) in [5, 5.41) is 4.87. The first-order chi connectivity index (χ1) is 12.1. The van der Waals surface area contributed by atoms with E-state index in [-0.39, 0.29) is 0 Å². The molecule has 0 spiro atoms. The van der Waals surface area contributed by atoms with E-state index in [0.717, 1.165) is 30.1 Å². The summed E-state index contributed by atoms with van der Waals surface area (Å²) >= 11 is 0. The molecule has 0 radical (unpaired) electrons. The molecule has 2 aliphatic rings. The number of benzene rings is 1. The second-order valence-electron chi connectivity index (χ2n) is 6.91. The zero-order chi connectivity index (χ0) is 17.8. The van der Waals surface area contributed by atoms with E-state index in [1.807, 2.05) is 13.2 Å². The third-order valence-electron chi connectivity index (χ3n) is 5.08. The number of pyridine rings is 1. The summed E-state index contributed by atoms with van der Waals surface area (Å²) < 4.78 is 2.08. The number of aryl methyl sites for hydroxylation is 1. The molecule has 4 nitrogen and oxygen atoms in total. The molecule has 1 unspecified atom stereocenters. The molecular formula is C21H30N4. The number of rotatable bonds is 8. The first-order valence-corrected chi connectivity index (χ1v) is 9.46. The molecule has 25 heavy (non-hydrogen) atoms. The highest BCUT2D eigenvalue weighted by molar-refractivity contribution is 5.97. The van der Waals surface area contributed by atoms with Crippen LogP contribution in [0, 0.1) is 0 Å². The molecule has 0 aliphatic carbocycles. The normalized spacial score (nSPS) is 13.0. The van der Waals surface area contributed by atoms with Crippen LogP contribution >= 0.6 is 0 Å². The van der Waals surface area contributed by atoms with E-state index in [0.29, 0.717) is 6.04 Å². The second kappa shape index (κ2) is 7.87. The van der Waals surface area contributed by atoms with Gasteiger partial charge in [-0.05, 0) is 63.7 Å². The summed E-state index contributed by atoms with van der Waals surface area (Å²) in [5.41, 5.74) is 3.45. The van der Waals surface area contributed by atoms with Crippen molar-refractivity contribution in [3.05, 3.63) is 36.5 Å². The van der Waals surface area contributed by atoms with Crippen molar-refractivity contribution in [2.24, 2.45) is 7.05 Å². The molecule has 2 heterocycles. The van der Waals surface area contributed by atoms with Crippen LogP contribution in [-0.4, -0.2) is 40.1 Å². The van der Waals surface area contributed by atoms with Gasteiger partial charge in [0.15, 0.2) is 0 Å². The Kier molecular flexibility index (Phi) is 5.59. The minimum atomic E-state index is 0.466. The quantitative estimate of drug-likeness (QED) is 0.651. The zero-order valence-electron chi connectivity index (χ0n) is 15.9. The summed E-state index contributed by atoms with van der Waals surface area (Å²) in [6, 6.07) is 11.2. The zero-order valence-corrected chi connectivity index (χ0v) is 15.9. The van der Waals surface area contributed by atoms with Crippen molar-refractivity contribution < 1.29 is 0 Å². The van der Waals surface area contributed by atoms with Crippen LogP contribution < -0.4 is 5.32 Å². The van der Waals surface area contributed by atoms with Gasteiger partial charge in [-0.2, -0.15) is 0 Å². The van der Waals surface area contributed by atoms with Gasteiger partial charge in [0.2, 0.25) is 0 Å². The molecule has 1 atom stereocenters. The van der Waals surface area contributed by atoms with Crippen molar-refractivity contribution in [3.8, 4) is 11.4 Å². The van der Waals surface area contributed by atoms with Gasteiger partial charge in [0.1, 0.15) is 5.82 Å². The molecule has 3 rings (SSSR count). The number of anilines is 1. The van der Waals surface area contributed by atoms with E-state index in [2.05, 4.69) is 65.9 Å². The van der Waals surface area contributed by atoms with E-state index in [1.165, 1.54) is 30.3 Å². The van der Waals surface area contributed by atoms with Crippen LogP contribution in [0.15, 0.2) is 36.5 Å². The first kappa shape index (κ1) is 17.7.